The second-order valence-electron chi connectivity index (χ2n) is 8.49. The van der Waals surface area contributed by atoms with Gasteiger partial charge >= 0.3 is 5.97 Å². The Morgan fingerprint density at radius 2 is 1.87 bits per heavy atom. The van der Waals surface area contributed by atoms with Crippen LogP contribution >= 0.6 is 0 Å². The van der Waals surface area contributed by atoms with Crippen LogP contribution in [-0.4, -0.2) is 53.3 Å². The number of fused-ring (bicyclic) bond motifs is 1. The van der Waals surface area contributed by atoms with Crippen LogP contribution in [0.4, 0.5) is 5.69 Å². The van der Waals surface area contributed by atoms with Crippen molar-refractivity contribution >= 4 is 23.3 Å². The molecule has 0 saturated heterocycles. The Morgan fingerprint density at radius 3 is 2.57 bits per heavy atom. The van der Waals surface area contributed by atoms with Crippen molar-refractivity contribution in [3.63, 3.8) is 0 Å². The van der Waals surface area contributed by atoms with Crippen LogP contribution in [0.5, 0.6) is 0 Å². The molecule has 2 aliphatic rings. The third-order valence-electron chi connectivity index (χ3n) is 6.39. The smallest absolute Gasteiger partial charge is 0.326 e. The molecule has 0 radical (unpaired) electrons. The second-order valence-corrected chi connectivity index (χ2v) is 8.49. The zero-order chi connectivity index (χ0) is 21.5. The monoisotopic (exact) mass is 415 g/mol. The fourth-order valence-corrected chi connectivity index (χ4v) is 4.70. The van der Waals surface area contributed by atoms with Crippen molar-refractivity contribution in [2.24, 2.45) is 11.7 Å². The van der Waals surface area contributed by atoms with Crippen molar-refractivity contribution in [2.75, 3.05) is 25.0 Å². The number of carbonyl (C=O) groups excluding carboxylic acids is 2. The average Bonchev–Trinajstić information content (AvgIpc) is 3.19. The molecule has 0 bridgehead atoms. The topological polar surface area (TPSA) is 113 Å². The summed E-state index contributed by atoms with van der Waals surface area (Å²) in [5.74, 6) is -2.55. The molecule has 0 aromatic heterocycles. The van der Waals surface area contributed by atoms with E-state index in [1.807, 2.05) is 24.3 Å². The van der Waals surface area contributed by atoms with Gasteiger partial charge in [-0.2, -0.15) is 0 Å². The van der Waals surface area contributed by atoms with E-state index in [0.717, 1.165) is 36.9 Å². The molecule has 30 heavy (non-hydrogen) atoms. The summed E-state index contributed by atoms with van der Waals surface area (Å²) in [5, 5.41) is 13.1. The first-order valence-electron chi connectivity index (χ1n) is 11.1. The number of aliphatic carboxylic acids is 1. The number of hydrogen-bond acceptors (Lipinski definition) is 5. The van der Waals surface area contributed by atoms with Gasteiger partial charge in [0.25, 0.3) is 5.91 Å². The van der Waals surface area contributed by atoms with E-state index < -0.39 is 29.6 Å². The van der Waals surface area contributed by atoms with Crippen molar-refractivity contribution in [3.05, 3.63) is 29.8 Å². The van der Waals surface area contributed by atoms with E-state index in [1.165, 1.54) is 11.3 Å². The van der Waals surface area contributed by atoms with Crippen molar-refractivity contribution in [1.82, 2.24) is 4.90 Å². The molecule has 1 aliphatic heterocycles. The molecule has 1 unspecified atom stereocenters. The van der Waals surface area contributed by atoms with Crippen molar-refractivity contribution in [2.45, 2.75) is 63.3 Å². The highest BCUT2D eigenvalue weighted by Crippen LogP contribution is 2.33. The van der Waals surface area contributed by atoms with Crippen LogP contribution in [0.25, 0.3) is 0 Å². The largest absolute Gasteiger partial charge is 0.480 e. The fraction of sp³-hybridized carbons (Fsp3) is 0.609. The molecule has 164 valence electrons. The Balaban J connectivity index is 1.81. The van der Waals surface area contributed by atoms with Gasteiger partial charge in [-0.25, -0.2) is 4.79 Å². The summed E-state index contributed by atoms with van der Waals surface area (Å²) in [6, 6.07) is 6.49. The van der Waals surface area contributed by atoms with Gasteiger partial charge in [0.15, 0.2) is 0 Å². The van der Waals surface area contributed by atoms with E-state index in [-0.39, 0.29) is 5.92 Å². The predicted molar refractivity (Wildman–Crippen MR) is 115 cm³/mol. The maximum atomic E-state index is 13.4. The quantitative estimate of drug-likeness (QED) is 0.400. The van der Waals surface area contributed by atoms with Crippen molar-refractivity contribution in [1.29, 1.82) is 0 Å². The van der Waals surface area contributed by atoms with Gasteiger partial charge in [0.05, 0.1) is 5.92 Å². The minimum Gasteiger partial charge on any atom is -0.480 e. The van der Waals surface area contributed by atoms with Crippen LogP contribution in [-0.2, 0) is 14.4 Å². The maximum Gasteiger partial charge on any atom is 0.326 e. The van der Waals surface area contributed by atoms with Gasteiger partial charge in [-0.1, -0.05) is 37.5 Å². The van der Waals surface area contributed by atoms with Crippen LogP contribution in [0.1, 0.15) is 62.8 Å². The number of rotatable bonds is 10. The van der Waals surface area contributed by atoms with Gasteiger partial charge in [-0.15, -0.1) is 0 Å². The fourth-order valence-electron chi connectivity index (χ4n) is 4.70. The maximum absolute atomic E-state index is 13.4. The van der Waals surface area contributed by atoms with Gasteiger partial charge in [0.1, 0.15) is 6.04 Å². The second kappa shape index (κ2) is 10.6. The molecule has 2 atom stereocenters. The summed E-state index contributed by atoms with van der Waals surface area (Å²) in [6.07, 6.45) is 6.93. The number of amides is 1. The summed E-state index contributed by atoms with van der Waals surface area (Å²) in [6.45, 7) is 1.18. The number of benzene rings is 1. The number of ketones is 1. The number of carboxylic acid groups (broad SMARTS) is 1. The molecule has 1 aromatic carbocycles. The number of carbonyl (C=O) groups is 3. The Bertz CT molecular complexity index is 761. The summed E-state index contributed by atoms with van der Waals surface area (Å²) in [5.41, 5.74) is 7.23. The summed E-state index contributed by atoms with van der Waals surface area (Å²) in [7, 11) is 0. The Morgan fingerprint density at radius 1 is 1.13 bits per heavy atom. The average molecular weight is 416 g/mol. The first kappa shape index (κ1) is 22.3. The highest BCUT2D eigenvalue weighted by atomic mass is 16.4. The zero-order valence-corrected chi connectivity index (χ0v) is 17.5. The molecule has 1 saturated carbocycles. The lowest BCUT2D eigenvalue weighted by Gasteiger charge is -2.34. The number of hydrogen-bond donors (Lipinski definition) is 3. The van der Waals surface area contributed by atoms with Gasteiger partial charge in [-0.05, 0) is 56.2 Å². The number of anilines is 1. The number of para-hydroxylation sites is 1. The zero-order valence-electron chi connectivity index (χ0n) is 17.5. The number of nitrogens with two attached hydrogens (primary N) is 1. The molecule has 7 nitrogen and oxygen atoms in total. The lowest BCUT2D eigenvalue weighted by Crippen LogP contribution is -2.51. The standard InChI is InChI=1S/C23H33N3O4/c24-13-7-6-12-20(23(29)30)26(15-16-8-2-1-3-9-16)22(28)21(27)18-14-25-19-11-5-4-10-17(18)19/h4-5,10-11,16,18,20,25H,1-3,6-9,12-15,24H2,(H,29,30)/t18?,20-/m0/s1. The number of carboxylic acids is 1. The van der Waals surface area contributed by atoms with E-state index >= 15 is 0 Å². The van der Waals surface area contributed by atoms with Crippen LogP contribution in [0.3, 0.4) is 0 Å². The molecule has 7 heteroatoms. The predicted octanol–water partition coefficient (Wildman–Crippen LogP) is 2.76. The van der Waals surface area contributed by atoms with E-state index in [4.69, 9.17) is 5.73 Å². The van der Waals surface area contributed by atoms with E-state index in [1.54, 1.807) is 0 Å². The van der Waals surface area contributed by atoms with Crippen LogP contribution in [0.15, 0.2) is 24.3 Å². The SMILES string of the molecule is NCCCC[C@@H](C(=O)O)N(CC1CCCCC1)C(=O)C(=O)C1CNc2ccccc21. The minimum atomic E-state index is -1.05. The van der Waals surface area contributed by atoms with Gasteiger partial charge in [0, 0.05) is 18.8 Å². The Hall–Kier alpha value is -2.41. The third-order valence-corrected chi connectivity index (χ3v) is 6.39. The minimum absolute atomic E-state index is 0.251. The highest BCUT2D eigenvalue weighted by molar-refractivity contribution is 6.39. The number of unbranched alkanes of at least 4 members (excludes halogenated alkanes) is 1. The molecule has 1 fully saturated rings. The number of nitrogens with one attached hydrogen (secondary N) is 1. The van der Waals surface area contributed by atoms with Gasteiger partial charge in [-0.3, -0.25) is 9.59 Å². The Labute approximate surface area is 178 Å². The molecule has 3 rings (SSSR count). The molecule has 4 N–H and O–H groups in total. The van der Waals surface area contributed by atoms with Crippen LogP contribution < -0.4 is 11.1 Å². The molecule has 0 spiro atoms. The van der Waals surface area contributed by atoms with Crippen LogP contribution in [0, 0.1) is 5.92 Å². The van der Waals surface area contributed by atoms with Crippen LogP contribution in [0.2, 0.25) is 0 Å². The van der Waals surface area contributed by atoms with E-state index in [0.29, 0.717) is 38.9 Å². The number of Topliss-reactive ketones (excluding diaryl/α,β-unsaturated/α-hetero) is 1. The summed E-state index contributed by atoms with van der Waals surface area (Å²) in [4.78, 5) is 40.0. The van der Waals surface area contributed by atoms with Crippen molar-refractivity contribution < 1.29 is 19.5 Å². The molecule has 1 heterocycles. The first-order chi connectivity index (χ1) is 14.5. The number of nitrogens with zero attached hydrogens (tertiary/aromatic N) is 1. The van der Waals surface area contributed by atoms with Gasteiger partial charge < -0.3 is 21.1 Å². The van der Waals surface area contributed by atoms with Gasteiger partial charge in [0.2, 0.25) is 5.78 Å². The summed E-state index contributed by atoms with van der Waals surface area (Å²) >= 11 is 0. The summed E-state index contributed by atoms with van der Waals surface area (Å²) < 4.78 is 0. The molecule has 1 aromatic rings. The van der Waals surface area contributed by atoms with E-state index in [9.17, 15) is 19.5 Å². The van der Waals surface area contributed by atoms with E-state index in [2.05, 4.69) is 5.32 Å². The lowest BCUT2D eigenvalue weighted by atomic mass is 9.88. The first-order valence-corrected chi connectivity index (χ1v) is 11.1. The van der Waals surface area contributed by atoms with Crippen molar-refractivity contribution in [3.8, 4) is 0 Å². The lowest BCUT2D eigenvalue weighted by molar-refractivity contribution is -0.155. The molecular formula is C23H33N3O4. The molecular weight excluding hydrogens is 382 g/mol. The molecule has 1 amide bonds. The highest BCUT2D eigenvalue weighted by Gasteiger charge is 2.39. The molecule has 1 aliphatic carbocycles. The Kier molecular flexibility index (Phi) is 7.85. The third kappa shape index (κ3) is 5.19. The normalized spacial score (nSPS) is 19.6.